The van der Waals surface area contributed by atoms with Gasteiger partial charge in [-0.15, -0.1) is 0 Å². The van der Waals surface area contributed by atoms with Crippen molar-refractivity contribution in [3.63, 3.8) is 0 Å². The summed E-state index contributed by atoms with van der Waals surface area (Å²) in [5.74, 6) is 6.11. The molecule has 0 heterocycles. The van der Waals surface area contributed by atoms with E-state index in [1.165, 1.54) is 7.11 Å². The van der Waals surface area contributed by atoms with Gasteiger partial charge in [0.2, 0.25) is 0 Å². The van der Waals surface area contributed by atoms with Crippen LogP contribution in [0.3, 0.4) is 0 Å². The first kappa shape index (κ1) is 16.8. The lowest BCUT2D eigenvalue weighted by molar-refractivity contribution is -0.140. The summed E-state index contributed by atoms with van der Waals surface area (Å²) in [7, 11) is 3.09. The predicted octanol–water partition coefficient (Wildman–Crippen LogP) is 3.34. The van der Waals surface area contributed by atoms with Gasteiger partial charge in [-0.05, 0) is 41.8 Å². The third-order valence-corrected chi connectivity index (χ3v) is 3.39. The number of ether oxygens (including phenoxy) is 2. The van der Waals surface area contributed by atoms with Crippen molar-refractivity contribution in [3.05, 3.63) is 70.8 Å². The van der Waals surface area contributed by atoms with Crippen LogP contribution in [-0.2, 0) is 27.3 Å². The second kappa shape index (κ2) is 8.77. The lowest BCUT2D eigenvalue weighted by atomic mass is 10.1. The molecule has 0 atom stereocenters. The number of esters is 1. The molecule has 0 saturated carbocycles. The van der Waals surface area contributed by atoms with E-state index in [9.17, 15) is 4.79 Å². The fraction of sp³-hybridized carbons (Fsp3) is 0.250. The maximum absolute atomic E-state index is 11.2. The Morgan fingerprint density at radius 1 is 0.957 bits per heavy atom. The van der Waals surface area contributed by atoms with Gasteiger partial charge in [-0.25, -0.2) is 0 Å². The first-order chi connectivity index (χ1) is 11.2. The monoisotopic (exact) mass is 308 g/mol. The van der Waals surface area contributed by atoms with Crippen molar-refractivity contribution in [1.29, 1.82) is 0 Å². The highest BCUT2D eigenvalue weighted by Gasteiger charge is 2.01. The molecular weight excluding hydrogens is 288 g/mol. The summed E-state index contributed by atoms with van der Waals surface area (Å²) in [6.45, 7) is 0.607. The van der Waals surface area contributed by atoms with Gasteiger partial charge in [0.15, 0.2) is 0 Å². The number of carbonyl (C=O) groups is 1. The van der Waals surface area contributed by atoms with Crippen LogP contribution in [-0.4, -0.2) is 20.2 Å². The number of aryl methyl sites for hydroxylation is 1. The number of hydrogen-bond donors (Lipinski definition) is 0. The van der Waals surface area contributed by atoms with E-state index in [1.807, 2.05) is 48.5 Å². The largest absolute Gasteiger partial charge is 0.469 e. The van der Waals surface area contributed by atoms with Gasteiger partial charge in [0.05, 0.1) is 13.7 Å². The molecule has 0 unspecified atom stereocenters. The molecule has 0 fully saturated rings. The number of carbonyl (C=O) groups excluding carboxylic acids is 1. The van der Waals surface area contributed by atoms with Crippen LogP contribution in [0.4, 0.5) is 0 Å². The molecule has 0 amide bonds. The summed E-state index contributed by atoms with van der Waals surface area (Å²) in [4.78, 5) is 11.2. The highest BCUT2D eigenvalue weighted by atomic mass is 16.5. The normalized spacial score (nSPS) is 9.83. The van der Waals surface area contributed by atoms with E-state index in [2.05, 4.69) is 16.6 Å². The van der Waals surface area contributed by atoms with Crippen LogP contribution < -0.4 is 0 Å². The zero-order valence-electron chi connectivity index (χ0n) is 13.5. The van der Waals surface area contributed by atoms with Crippen molar-refractivity contribution in [3.8, 4) is 11.8 Å². The molecule has 2 rings (SSSR count). The van der Waals surface area contributed by atoms with Crippen LogP contribution >= 0.6 is 0 Å². The Bertz CT molecular complexity index is 706. The Morgan fingerprint density at radius 2 is 1.70 bits per heavy atom. The molecule has 3 nitrogen and oxygen atoms in total. The molecule has 0 aromatic heterocycles. The van der Waals surface area contributed by atoms with Crippen molar-refractivity contribution < 1.29 is 14.3 Å². The van der Waals surface area contributed by atoms with Gasteiger partial charge >= 0.3 is 5.97 Å². The number of rotatable bonds is 5. The Labute approximate surface area is 137 Å². The Hall–Kier alpha value is -2.57. The highest BCUT2D eigenvalue weighted by molar-refractivity contribution is 5.69. The van der Waals surface area contributed by atoms with Crippen LogP contribution in [0.5, 0.6) is 0 Å². The van der Waals surface area contributed by atoms with E-state index < -0.39 is 0 Å². The molecule has 0 radical (unpaired) electrons. The molecule has 0 spiro atoms. The van der Waals surface area contributed by atoms with Gasteiger partial charge in [-0.3, -0.25) is 4.79 Å². The summed E-state index contributed by atoms with van der Waals surface area (Å²) in [6, 6.07) is 15.9. The molecule has 0 N–H and O–H groups in total. The van der Waals surface area contributed by atoms with Crippen LogP contribution in [0.15, 0.2) is 48.5 Å². The third kappa shape index (κ3) is 5.61. The summed E-state index contributed by atoms with van der Waals surface area (Å²) >= 11 is 0. The summed E-state index contributed by atoms with van der Waals surface area (Å²) < 4.78 is 9.75. The lowest BCUT2D eigenvalue weighted by Crippen LogP contribution is -2.01. The van der Waals surface area contributed by atoms with E-state index in [1.54, 1.807) is 7.11 Å². The Morgan fingerprint density at radius 3 is 2.39 bits per heavy atom. The summed E-state index contributed by atoms with van der Waals surface area (Å²) in [5.41, 5.74) is 4.11. The molecule has 0 aliphatic carbocycles. The van der Waals surface area contributed by atoms with E-state index >= 15 is 0 Å². The molecule has 23 heavy (non-hydrogen) atoms. The van der Waals surface area contributed by atoms with Gasteiger partial charge in [-0.1, -0.05) is 36.1 Å². The number of benzene rings is 2. The maximum Gasteiger partial charge on any atom is 0.305 e. The maximum atomic E-state index is 11.2. The summed E-state index contributed by atoms with van der Waals surface area (Å²) in [5, 5.41) is 0. The van der Waals surface area contributed by atoms with Gasteiger partial charge in [0, 0.05) is 24.7 Å². The predicted molar refractivity (Wildman–Crippen MR) is 89.9 cm³/mol. The quantitative estimate of drug-likeness (QED) is 0.628. The van der Waals surface area contributed by atoms with Gasteiger partial charge in [0.1, 0.15) is 0 Å². The molecule has 0 aliphatic heterocycles. The third-order valence-electron chi connectivity index (χ3n) is 3.39. The van der Waals surface area contributed by atoms with E-state index in [0.717, 1.165) is 22.3 Å². The van der Waals surface area contributed by atoms with Gasteiger partial charge < -0.3 is 9.47 Å². The fourth-order valence-corrected chi connectivity index (χ4v) is 2.15. The first-order valence-corrected chi connectivity index (χ1v) is 7.47. The standard InChI is InChI=1S/C20H20O3/c1-22-15-19-10-7-16(8-11-19)6-9-17-4-3-5-18(14-17)12-13-20(21)23-2/h3-5,7-8,10-11,14H,12-13,15H2,1-2H3. The zero-order valence-corrected chi connectivity index (χ0v) is 13.5. The average Bonchev–Trinajstić information content (AvgIpc) is 2.59. The molecule has 2 aromatic rings. The molecular formula is C20H20O3. The van der Waals surface area contributed by atoms with E-state index in [4.69, 9.17) is 4.74 Å². The van der Waals surface area contributed by atoms with Crippen LogP contribution in [0.2, 0.25) is 0 Å². The van der Waals surface area contributed by atoms with Crippen molar-refractivity contribution >= 4 is 5.97 Å². The zero-order chi connectivity index (χ0) is 16.5. The van der Waals surface area contributed by atoms with Crippen molar-refractivity contribution in [2.24, 2.45) is 0 Å². The molecule has 0 bridgehead atoms. The van der Waals surface area contributed by atoms with Crippen molar-refractivity contribution in [2.75, 3.05) is 14.2 Å². The van der Waals surface area contributed by atoms with E-state index in [-0.39, 0.29) is 5.97 Å². The fourth-order valence-electron chi connectivity index (χ4n) is 2.15. The van der Waals surface area contributed by atoms with Crippen LogP contribution in [0.25, 0.3) is 0 Å². The smallest absolute Gasteiger partial charge is 0.305 e. The molecule has 2 aromatic carbocycles. The lowest BCUT2D eigenvalue weighted by Gasteiger charge is -2.01. The molecule has 118 valence electrons. The first-order valence-electron chi connectivity index (χ1n) is 7.47. The average molecular weight is 308 g/mol. The topological polar surface area (TPSA) is 35.5 Å². The SMILES string of the molecule is COCc1ccc(C#Cc2cccc(CCC(=O)OC)c2)cc1. The van der Waals surface area contributed by atoms with Gasteiger partial charge in [0.25, 0.3) is 0 Å². The number of methoxy groups -OCH3 is 2. The van der Waals surface area contributed by atoms with Crippen LogP contribution in [0.1, 0.15) is 28.7 Å². The minimum Gasteiger partial charge on any atom is -0.469 e. The summed E-state index contributed by atoms with van der Waals surface area (Å²) in [6.07, 6.45) is 1.04. The molecule has 3 heteroatoms. The van der Waals surface area contributed by atoms with Crippen molar-refractivity contribution in [2.45, 2.75) is 19.4 Å². The second-order valence-electron chi connectivity index (χ2n) is 5.16. The van der Waals surface area contributed by atoms with Crippen molar-refractivity contribution in [1.82, 2.24) is 0 Å². The second-order valence-corrected chi connectivity index (χ2v) is 5.16. The minimum atomic E-state index is -0.197. The number of hydrogen-bond acceptors (Lipinski definition) is 3. The highest BCUT2D eigenvalue weighted by Crippen LogP contribution is 2.08. The Balaban J connectivity index is 2.04. The molecule has 0 saturated heterocycles. The molecule has 0 aliphatic rings. The Kier molecular flexibility index (Phi) is 6.40. The minimum absolute atomic E-state index is 0.197. The van der Waals surface area contributed by atoms with Crippen LogP contribution in [0, 0.1) is 11.8 Å². The van der Waals surface area contributed by atoms with Gasteiger partial charge in [-0.2, -0.15) is 0 Å². The van der Waals surface area contributed by atoms with E-state index in [0.29, 0.717) is 19.4 Å².